The number of halogens is 3. The topological polar surface area (TPSA) is 102 Å². The Labute approximate surface area is 221 Å². The maximum Gasteiger partial charge on any atom is 0.245 e. The monoisotopic (exact) mass is 540 g/mol. The number of hydrogen-bond acceptors (Lipinski definition) is 5. The van der Waals surface area contributed by atoms with Gasteiger partial charge in [-0.3, -0.25) is 19.6 Å². The summed E-state index contributed by atoms with van der Waals surface area (Å²) in [6.45, 7) is 6.11. The molecule has 0 radical (unpaired) electrons. The standard InChI is InChI=1S/C27H39F3N4O4/c1-27(2,3)24(32-25(36)19(14-34(38)16-35)10-17-6-4-5-7-17)26(37)33-9-8-20(15-33)31-13-18-11-22(29)23(30)12-21(18)28/h11-12,16-17,19-20,24,31,38H,4-10,13-15H2,1-3H3,(H,32,36)/t19-,20+,24-/m1/s1. The van der Waals surface area contributed by atoms with Crippen molar-refractivity contribution in [2.45, 2.75) is 77.9 Å². The number of carbonyl (C=O) groups is 3. The van der Waals surface area contributed by atoms with Gasteiger partial charge in [-0.25, -0.2) is 18.2 Å². The molecule has 3 N–H and O–H groups in total. The third-order valence-corrected chi connectivity index (χ3v) is 7.56. The lowest BCUT2D eigenvalue weighted by Crippen LogP contribution is -2.56. The van der Waals surface area contributed by atoms with Gasteiger partial charge in [-0.15, -0.1) is 0 Å². The minimum Gasteiger partial charge on any atom is -0.344 e. The van der Waals surface area contributed by atoms with Gasteiger partial charge in [0.1, 0.15) is 11.9 Å². The Hall–Kier alpha value is -2.66. The highest BCUT2D eigenvalue weighted by molar-refractivity contribution is 5.89. The molecule has 11 heteroatoms. The van der Waals surface area contributed by atoms with E-state index in [1.54, 1.807) is 4.90 Å². The van der Waals surface area contributed by atoms with E-state index in [9.17, 15) is 32.8 Å². The van der Waals surface area contributed by atoms with Crippen LogP contribution in [-0.4, -0.2) is 65.1 Å². The quantitative estimate of drug-likeness (QED) is 0.173. The van der Waals surface area contributed by atoms with E-state index in [-0.39, 0.29) is 42.9 Å². The van der Waals surface area contributed by atoms with Crippen LogP contribution in [0, 0.1) is 34.7 Å². The van der Waals surface area contributed by atoms with Crippen molar-refractivity contribution in [3.8, 4) is 0 Å². The summed E-state index contributed by atoms with van der Waals surface area (Å²) in [5.74, 6) is -4.18. The number of hydrogen-bond donors (Lipinski definition) is 3. The fourth-order valence-electron chi connectivity index (χ4n) is 5.35. The molecular weight excluding hydrogens is 501 g/mol. The molecule has 1 saturated heterocycles. The lowest BCUT2D eigenvalue weighted by atomic mass is 9.84. The van der Waals surface area contributed by atoms with Crippen molar-refractivity contribution in [2.24, 2.45) is 17.3 Å². The summed E-state index contributed by atoms with van der Waals surface area (Å²) in [4.78, 5) is 39.5. The van der Waals surface area contributed by atoms with Gasteiger partial charge in [-0.2, -0.15) is 0 Å². The Morgan fingerprint density at radius 2 is 1.79 bits per heavy atom. The number of carbonyl (C=O) groups excluding carboxylic acids is 3. The fourth-order valence-corrected chi connectivity index (χ4v) is 5.35. The third-order valence-electron chi connectivity index (χ3n) is 7.56. The fraction of sp³-hybridized carbons (Fsp3) is 0.667. The highest BCUT2D eigenvalue weighted by Gasteiger charge is 2.39. The lowest BCUT2D eigenvalue weighted by Gasteiger charge is -2.35. The molecule has 2 aliphatic rings. The second kappa shape index (κ2) is 12.9. The second-order valence-electron chi connectivity index (χ2n) is 11.6. The van der Waals surface area contributed by atoms with Crippen LogP contribution in [0.1, 0.15) is 64.9 Å². The van der Waals surface area contributed by atoms with Crippen LogP contribution in [0.3, 0.4) is 0 Å². The molecule has 1 aliphatic carbocycles. The van der Waals surface area contributed by atoms with Gasteiger partial charge in [0.2, 0.25) is 18.2 Å². The van der Waals surface area contributed by atoms with Crippen LogP contribution in [0.15, 0.2) is 12.1 Å². The Morgan fingerprint density at radius 3 is 2.42 bits per heavy atom. The van der Waals surface area contributed by atoms with Gasteiger partial charge in [0.05, 0.1) is 12.5 Å². The van der Waals surface area contributed by atoms with Crippen LogP contribution in [0.25, 0.3) is 0 Å². The van der Waals surface area contributed by atoms with E-state index >= 15 is 0 Å². The molecule has 2 fully saturated rings. The maximum absolute atomic E-state index is 14.0. The molecule has 3 atom stereocenters. The number of amides is 3. The summed E-state index contributed by atoms with van der Waals surface area (Å²) in [5, 5.41) is 16.2. The zero-order valence-corrected chi connectivity index (χ0v) is 22.3. The third kappa shape index (κ3) is 7.92. The van der Waals surface area contributed by atoms with E-state index < -0.39 is 34.8 Å². The molecule has 0 spiro atoms. The Kier molecular flexibility index (Phi) is 10.2. The smallest absolute Gasteiger partial charge is 0.245 e. The summed E-state index contributed by atoms with van der Waals surface area (Å²) in [5.41, 5.74) is -0.621. The van der Waals surface area contributed by atoms with Gasteiger partial charge in [-0.1, -0.05) is 46.5 Å². The van der Waals surface area contributed by atoms with Gasteiger partial charge in [0, 0.05) is 37.3 Å². The molecule has 3 rings (SSSR count). The minimum atomic E-state index is -1.25. The number of likely N-dealkylation sites (tertiary alicyclic amines) is 1. The number of nitrogens with zero attached hydrogens (tertiary/aromatic N) is 2. The Balaban J connectivity index is 1.63. The van der Waals surface area contributed by atoms with Crippen LogP contribution in [0.5, 0.6) is 0 Å². The molecule has 1 aliphatic heterocycles. The van der Waals surface area contributed by atoms with E-state index in [4.69, 9.17) is 0 Å². The second-order valence-corrected chi connectivity index (χ2v) is 11.6. The molecular formula is C27H39F3N4O4. The highest BCUT2D eigenvalue weighted by Crippen LogP contribution is 2.31. The molecule has 1 heterocycles. The summed E-state index contributed by atoms with van der Waals surface area (Å²) in [6.07, 6.45) is 5.54. The predicted octanol–water partition coefficient (Wildman–Crippen LogP) is 3.37. The van der Waals surface area contributed by atoms with Crippen LogP contribution >= 0.6 is 0 Å². The summed E-state index contributed by atoms with van der Waals surface area (Å²) >= 11 is 0. The molecule has 3 amide bonds. The number of benzene rings is 1. The normalized spacial score (nSPS) is 19.9. The Bertz CT molecular complexity index is 997. The van der Waals surface area contributed by atoms with Crippen molar-refractivity contribution >= 4 is 18.2 Å². The first-order valence-electron chi connectivity index (χ1n) is 13.3. The van der Waals surface area contributed by atoms with Gasteiger partial charge in [0.15, 0.2) is 11.6 Å². The molecule has 0 bridgehead atoms. The zero-order chi connectivity index (χ0) is 28.0. The number of rotatable bonds is 11. The van der Waals surface area contributed by atoms with Crippen molar-refractivity contribution in [1.82, 2.24) is 20.6 Å². The van der Waals surface area contributed by atoms with Gasteiger partial charge >= 0.3 is 0 Å². The molecule has 1 aromatic carbocycles. The maximum atomic E-state index is 14.0. The van der Waals surface area contributed by atoms with Crippen molar-refractivity contribution < 1.29 is 32.8 Å². The van der Waals surface area contributed by atoms with E-state index in [1.807, 2.05) is 20.8 Å². The van der Waals surface area contributed by atoms with Gasteiger partial charge in [0.25, 0.3) is 0 Å². The average molecular weight is 541 g/mol. The van der Waals surface area contributed by atoms with Gasteiger partial charge in [-0.05, 0) is 30.2 Å². The van der Waals surface area contributed by atoms with Crippen molar-refractivity contribution in [3.63, 3.8) is 0 Å². The molecule has 38 heavy (non-hydrogen) atoms. The van der Waals surface area contributed by atoms with E-state index in [1.165, 1.54) is 0 Å². The molecule has 8 nitrogen and oxygen atoms in total. The first kappa shape index (κ1) is 29.9. The van der Waals surface area contributed by atoms with Crippen LogP contribution in [0.2, 0.25) is 0 Å². The SMILES string of the molecule is CC(C)(C)[C@H](NC(=O)[C@H](CC1CCCC1)CN(O)C=O)C(=O)N1CC[C@H](NCc2cc(F)c(F)cc2F)C1. The summed E-state index contributed by atoms with van der Waals surface area (Å²) in [7, 11) is 0. The number of hydroxylamine groups is 2. The Morgan fingerprint density at radius 1 is 1.13 bits per heavy atom. The number of nitrogens with one attached hydrogen (secondary N) is 2. The first-order chi connectivity index (χ1) is 17.9. The van der Waals surface area contributed by atoms with Crippen LogP contribution in [0.4, 0.5) is 13.2 Å². The molecule has 0 unspecified atom stereocenters. The molecule has 212 valence electrons. The minimum absolute atomic E-state index is 0.00457. The van der Waals surface area contributed by atoms with E-state index in [0.717, 1.165) is 31.7 Å². The molecule has 1 saturated carbocycles. The van der Waals surface area contributed by atoms with Crippen LogP contribution < -0.4 is 10.6 Å². The molecule has 1 aromatic rings. The van der Waals surface area contributed by atoms with Crippen molar-refractivity contribution in [2.75, 3.05) is 19.6 Å². The lowest BCUT2D eigenvalue weighted by molar-refractivity contribution is -0.155. The largest absolute Gasteiger partial charge is 0.344 e. The van der Waals surface area contributed by atoms with Gasteiger partial charge < -0.3 is 15.5 Å². The average Bonchev–Trinajstić information content (AvgIpc) is 3.54. The highest BCUT2D eigenvalue weighted by atomic mass is 19.2. The first-order valence-corrected chi connectivity index (χ1v) is 13.3. The zero-order valence-electron chi connectivity index (χ0n) is 22.3. The summed E-state index contributed by atoms with van der Waals surface area (Å²) in [6, 6.07) is 0.305. The summed E-state index contributed by atoms with van der Waals surface area (Å²) < 4.78 is 40.7. The van der Waals surface area contributed by atoms with Crippen LogP contribution in [-0.2, 0) is 20.9 Å². The van der Waals surface area contributed by atoms with E-state index in [0.29, 0.717) is 43.0 Å². The predicted molar refractivity (Wildman–Crippen MR) is 134 cm³/mol. The molecule has 0 aromatic heterocycles. The van der Waals surface area contributed by atoms with Crippen molar-refractivity contribution in [1.29, 1.82) is 0 Å². The van der Waals surface area contributed by atoms with E-state index in [2.05, 4.69) is 10.6 Å². The van der Waals surface area contributed by atoms with Crippen molar-refractivity contribution in [3.05, 3.63) is 35.1 Å².